The Labute approximate surface area is 77.7 Å². The quantitative estimate of drug-likeness (QED) is 0.558. The van der Waals surface area contributed by atoms with Gasteiger partial charge in [0.2, 0.25) is 0 Å². The third-order valence-corrected chi connectivity index (χ3v) is 2.08. The van der Waals surface area contributed by atoms with Gasteiger partial charge in [-0.05, 0) is 6.92 Å². The van der Waals surface area contributed by atoms with Crippen molar-refractivity contribution in [1.29, 1.82) is 0 Å². The van der Waals surface area contributed by atoms with Crippen LogP contribution in [0.3, 0.4) is 0 Å². The fraction of sp³-hybridized carbons (Fsp3) is 0.125. The average molecular weight is 195 g/mol. The van der Waals surface area contributed by atoms with Crippen LogP contribution in [0, 0.1) is 22.9 Å². The van der Waals surface area contributed by atoms with E-state index in [4.69, 9.17) is 0 Å². The molecule has 0 aliphatic rings. The molecule has 0 fully saturated rings. The molecule has 14 heavy (non-hydrogen) atoms. The Balaban J connectivity index is 2.88. The van der Waals surface area contributed by atoms with Crippen molar-refractivity contribution < 1.29 is 9.31 Å². The van der Waals surface area contributed by atoms with E-state index in [2.05, 4.69) is 9.97 Å². The van der Waals surface area contributed by atoms with E-state index in [1.165, 1.54) is 6.33 Å². The van der Waals surface area contributed by atoms with Crippen molar-refractivity contribution in [3.63, 3.8) is 0 Å². The van der Waals surface area contributed by atoms with Gasteiger partial charge in [0.05, 0.1) is 28.4 Å². The maximum atomic E-state index is 13.2. The summed E-state index contributed by atoms with van der Waals surface area (Å²) in [5.41, 5.74) is 0.660. The zero-order valence-electron chi connectivity index (χ0n) is 7.24. The van der Waals surface area contributed by atoms with Crippen LogP contribution in [0.15, 0.2) is 12.4 Å². The Hall–Kier alpha value is -1.98. The summed E-state index contributed by atoms with van der Waals surface area (Å²) in [6, 6.07) is 0.887. The van der Waals surface area contributed by atoms with E-state index in [0.29, 0.717) is 11.1 Å². The number of nitrogens with zero attached hydrogens (tertiary/aromatic N) is 2. The van der Waals surface area contributed by atoms with Gasteiger partial charge >= 0.3 is 0 Å². The second kappa shape index (κ2) is 2.76. The molecule has 1 aromatic carbocycles. The number of hydrogen-bond donors (Lipinski definition) is 1. The highest BCUT2D eigenvalue weighted by atomic mass is 19.1. The predicted molar refractivity (Wildman–Crippen MR) is 47.4 cm³/mol. The van der Waals surface area contributed by atoms with Crippen LogP contribution >= 0.6 is 0 Å². The summed E-state index contributed by atoms with van der Waals surface area (Å²) in [4.78, 5) is 16.3. The third-order valence-electron chi connectivity index (χ3n) is 2.08. The number of aromatic nitrogens is 2. The lowest BCUT2D eigenvalue weighted by molar-refractivity contribution is -0.385. The summed E-state index contributed by atoms with van der Waals surface area (Å²) in [6.07, 6.45) is 1.31. The maximum Gasteiger partial charge on any atom is 0.277 e. The van der Waals surface area contributed by atoms with Crippen LogP contribution < -0.4 is 0 Å². The first-order chi connectivity index (χ1) is 6.61. The molecular formula is C8H6FN3O2. The van der Waals surface area contributed by atoms with Crippen LogP contribution in [0.2, 0.25) is 0 Å². The predicted octanol–water partition coefficient (Wildman–Crippen LogP) is 1.92. The highest BCUT2D eigenvalue weighted by Crippen LogP contribution is 2.26. The summed E-state index contributed by atoms with van der Waals surface area (Å²) in [5, 5.41) is 10.5. The van der Waals surface area contributed by atoms with Gasteiger partial charge in [-0.25, -0.2) is 9.37 Å². The average Bonchev–Trinajstić information content (AvgIpc) is 2.59. The van der Waals surface area contributed by atoms with Crippen molar-refractivity contribution in [3.8, 4) is 0 Å². The number of H-pyrrole nitrogens is 1. The number of nitro benzene ring substituents is 1. The molecular weight excluding hydrogens is 189 g/mol. The summed E-state index contributed by atoms with van der Waals surface area (Å²) in [6.45, 7) is 1.55. The standard InChI is InChI=1S/C8H6FN3O2/c1-4-6(12(13)14)2-5(9)8-7(4)10-3-11-8/h2-3H,1H3,(H,10,11). The number of fused-ring (bicyclic) bond motifs is 1. The topological polar surface area (TPSA) is 71.8 Å². The fourth-order valence-corrected chi connectivity index (χ4v) is 1.38. The number of halogens is 1. The molecule has 2 aromatic rings. The first kappa shape index (κ1) is 8.61. The second-order valence-corrected chi connectivity index (χ2v) is 2.89. The molecule has 0 saturated carbocycles. The van der Waals surface area contributed by atoms with Crippen molar-refractivity contribution >= 4 is 16.7 Å². The van der Waals surface area contributed by atoms with Gasteiger partial charge in [0, 0.05) is 0 Å². The molecule has 0 aliphatic heterocycles. The van der Waals surface area contributed by atoms with Gasteiger partial charge in [-0.15, -0.1) is 0 Å². The van der Waals surface area contributed by atoms with Crippen molar-refractivity contribution in [2.45, 2.75) is 6.92 Å². The summed E-state index contributed by atoms with van der Waals surface area (Å²) >= 11 is 0. The highest BCUT2D eigenvalue weighted by molar-refractivity contribution is 5.82. The molecule has 0 bridgehead atoms. The number of benzene rings is 1. The SMILES string of the molecule is Cc1c([N+](=O)[O-])cc(F)c2nc[nH]c12. The minimum Gasteiger partial charge on any atom is -0.344 e. The molecule has 0 amide bonds. The van der Waals surface area contributed by atoms with Gasteiger partial charge in [-0.3, -0.25) is 10.1 Å². The minimum atomic E-state index is -0.682. The van der Waals surface area contributed by atoms with Gasteiger partial charge in [0.25, 0.3) is 5.69 Å². The summed E-state index contributed by atoms with van der Waals surface area (Å²) in [5.74, 6) is -0.682. The fourth-order valence-electron chi connectivity index (χ4n) is 1.38. The van der Waals surface area contributed by atoms with Crippen molar-refractivity contribution in [2.75, 3.05) is 0 Å². The van der Waals surface area contributed by atoms with Gasteiger partial charge in [-0.1, -0.05) is 0 Å². The minimum absolute atomic E-state index is 0.133. The molecule has 2 rings (SSSR count). The van der Waals surface area contributed by atoms with Gasteiger partial charge in [0.15, 0.2) is 5.82 Å². The normalized spacial score (nSPS) is 10.7. The Bertz CT molecular complexity index is 521. The van der Waals surface area contributed by atoms with Crippen LogP contribution in [-0.2, 0) is 0 Å². The van der Waals surface area contributed by atoms with Gasteiger partial charge in [0.1, 0.15) is 5.52 Å². The zero-order valence-corrected chi connectivity index (χ0v) is 7.24. The van der Waals surface area contributed by atoms with Gasteiger partial charge < -0.3 is 4.98 Å². The number of nitro groups is 1. The Morgan fingerprint density at radius 3 is 3.00 bits per heavy atom. The third kappa shape index (κ3) is 1.04. The molecule has 0 saturated heterocycles. The molecule has 1 heterocycles. The van der Waals surface area contributed by atoms with E-state index < -0.39 is 10.7 Å². The molecule has 72 valence electrons. The van der Waals surface area contributed by atoms with Crippen molar-refractivity contribution in [2.24, 2.45) is 0 Å². The van der Waals surface area contributed by atoms with Crippen LogP contribution in [0.1, 0.15) is 5.56 Å². The van der Waals surface area contributed by atoms with E-state index in [0.717, 1.165) is 6.07 Å². The van der Waals surface area contributed by atoms with E-state index in [-0.39, 0.29) is 11.2 Å². The highest BCUT2D eigenvalue weighted by Gasteiger charge is 2.18. The molecule has 0 unspecified atom stereocenters. The number of hydrogen-bond acceptors (Lipinski definition) is 3. The van der Waals surface area contributed by atoms with Crippen molar-refractivity contribution in [1.82, 2.24) is 9.97 Å². The smallest absolute Gasteiger partial charge is 0.277 e. The maximum absolute atomic E-state index is 13.2. The lowest BCUT2D eigenvalue weighted by Crippen LogP contribution is -1.94. The summed E-state index contributed by atoms with van der Waals surface area (Å²) in [7, 11) is 0. The molecule has 1 N–H and O–H groups in total. The number of rotatable bonds is 1. The van der Waals surface area contributed by atoms with Crippen LogP contribution in [0.25, 0.3) is 11.0 Å². The molecule has 0 aliphatic carbocycles. The van der Waals surface area contributed by atoms with Crippen LogP contribution in [-0.4, -0.2) is 14.9 Å². The molecule has 0 spiro atoms. The zero-order chi connectivity index (χ0) is 10.3. The number of imidazole rings is 1. The van der Waals surface area contributed by atoms with Crippen LogP contribution in [0.4, 0.5) is 10.1 Å². The largest absolute Gasteiger partial charge is 0.344 e. The first-order valence-corrected chi connectivity index (χ1v) is 3.88. The Kier molecular flexibility index (Phi) is 1.70. The number of nitrogens with one attached hydrogen (secondary N) is 1. The second-order valence-electron chi connectivity index (χ2n) is 2.89. The molecule has 0 atom stereocenters. The summed E-state index contributed by atoms with van der Waals surface area (Å²) < 4.78 is 13.2. The van der Waals surface area contributed by atoms with Gasteiger partial charge in [-0.2, -0.15) is 0 Å². The molecule has 0 radical (unpaired) electrons. The van der Waals surface area contributed by atoms with Crippen molar-refractivity contribution in [3.05, 3.63) is 33.9 Å². The Morgan fingerprint density at radius 1 is 1.64 bits per heavy atom. The monoisotopic (exact) mass is 195 g/mol. The van der Waals surface area contributed by atoms with Crippen LogP contribution in [0.5, 0.6) is 0 Å². The lowest BCUT2D eigenvalue weighted by Gasteiger charge is -1.98. The number of aromatic amines is 1. The Morgan fingerprint density at radius 2 is 2.36 bits per heavy atom. The van der Waals surface area contributed by atoms with E-state index in [1.54, 1.807) is 6.92 Å². The van der Waals surface area contributed by atoms with E-state index >= 15 is 0 Å². The molecule has 6 heteroatoms. The lowest BCUT2D eigenvalue weighted by atomic mass is 10.1. The van der Waals surface area contributed by atoms with E-state index in [9.17, 15) is 14.5 Å². The number of aryl methyl sites for hydroxylation is 1. The van der Waals surface area contributed by atoms with E-state index in [1.807, 2.05) is 0 Å². The molecule has 1 aromatic heterocycles. The first-order valence-electron chi connectivity index (χ1n) is 3.88. The molecule has 5 nitrogen and oxygen atoms in total.